The Morgan fingerprint density at radius 3 is 3.08 bits per heavy atom. The van der Waals surface area contributed by atoms with Crippen LogP contribution < -0.4 is 5.32 Å². The van der Waals surface area contributed by atoms with Gasteiger partial charge in [0.15, 0.2) is 0 Å². The van der Waals surface area contributed by atoms with Crippen LogP contribution in [0.1, 0.15) is 18.7 Å². The number of halogens is 1. The lowest BCUT2D eigenvalue weighted by Gasteiger charge is -2.03. The summed E-state index contributed by atoms with van der Waals surface area (Å²) in [5.41, 5.74) is 0. The van der Waals surface area contributed by atoms with Crippen LogP contribution in [0, 0.1) is 5.92 Å². The molecule has 1 aromatic rings. The molecule has 1 unspecified atom stereocenters. The van der Waals surface area contributed by atoms with E-state index < -0.39 is 0 Å². The summed E-state index contributed by atoms with van der Waals surface area (Å²) in [4.78, 5) is 0. The van der Waals surface area contributed by atoms with Gasteiger partial charge in [-0.15, -0.1) is 5.10 Å². The van der Waals surface area contributed by atoms with Crippen molar-refractivity contribution in [3.8, 4) is 0 Å². The van der Waals surface area contributed by atoms with Gasteiger partial charge in [-0.1, -0.05) is 5.10 Å². The van der Waals surface area contributed by atoms with Crippen LogP contribution in [-0.4, -0.2) is 23.3 Å². The Balaban J connectivity index is 1.78. The van der Waals surface area contributed by atoms with Crippen molar-refractivity contribution in [3.63, 3.8) is 0 Å². The third-order valence-electron chi connectivity index (χ3n) is 2.37. The molecule has 0 aliphatic carbocycles. The quantitative estimate of drug-likeness (QED) is 0.800. The van der Waals surface area contributed by atoms with Gasteiger partial charge in [-0.25, -0.2) is 0 Å². The molecule has 1 saturated heterocycles. The van der Waals surface area contributed by atoms with Crippen molar-refractivity contribution >= 4 is 11.6 Å². The molecule has 1 aliphatic rings. The van der Waals surface area contributed by atoms with Crippen LogP contribution in [0.25, 0.3) is 0 Å². The molecule has 2 rings (SSSR count). The fraction of sp³-hybridized carbons (Fsp3) is 0.750. The molecule has 13 heavy (non-hydrogen) atoms. The monoisotopic (exact) mass is 201 g/mol. The van der Waals surface area contributed by atoms with Gasteiger partial charge in [0.2, 0.25) is 5.89 Å². The van der Waals surface area contributed by atoms with Gasteiger partial charge >= 0.3 is 5.35 Å². The predicted molar refractivity (Wildman–Crippen MR) is 48.6 cm³/mol. The molecule has 1 atom stereocenters. The summed E-state index contributed by atoms with van der Waals surface area (Å²) in [6, 6.07) is 0. The Kier molecular flexibility index (Phi) is 2.80. The minimum absolute atomic E-state index is 0.138. The molecule has 0 bridgehead atoms. The number of rotatable bonds is 3. The van der Waals surface area contributed by atoms with E-state index in [1.807, 2.05) is 0 Å². The zero-order valence-corrected chi connectivity index (χ0v) is 8.05. The normalized spacial score (nSPS) is 22.4. The summed E-state index contributed by atoms with van der Waals surface area (Å²) in [7, 11) is 0. The zero-order chi connectivity index (χ0) is 9.10. The lowest BCUT2D eigenvalue weighted by molar-refractivity contribution is 0.449. The fourth-order valence-corrected chi connectivity index (χ4v) is 1.75. The molecule has 1 aliphatic heterocycles. The minimum atomic E-state index is 0.138. The summed E-state index contributed by atoms with van der Waals surface area (Å²) >= 11 is 5.50. The topological polar surface area (TPSA) is 51.0 Å². The maximum absolute atomic E-state index is 5.50. The van der Waals surface area contributed by atoms with Gasteiger partial charge in [-0.05, 0) is 43.5 Å². The number of aromatic nitrogens is 2. The van der Waals surface area contributed by atoms with Crippen molar-refractivity contribution in [1.82, 2.24) is 15.5 Å². The Hall–Kier alpha value is -0.610. The first kappa shape index (κ1) is 8.97. The van der Waals surface area contributed by atoms with Crippen LogP contribution in [0.15, 0.2) is 4.42 Å². The van der Waals surface area contributed by atoms with Crippen molar-refractivity contribution in [2.75, 3.05) is 13.1 Å². The maximum atomic E-state index is 5.50. The molecule has 0 radical (unpaired) electrons. The predicted octanol–water partition coefficient (Wildman–Crippen LogP) is 1.27. The summed E-state index contributed by atoms with van der Waals surface area (Å²) in [6.07, 6.45) is 3.19. The fourth-order valence-electron chi connectivity index (χ4n) is 1.62. The van der Waals surface area contributed by atoms with Crippen LogP contribution in [-0.2, 0) is 6.42 Å². The third kappa shape index (κ3) is 2.42. The molecule has 1 N–H and O–H groups in total. The van der Waals surface area contributed by atoms with Gasteiger partial charge in [0, 0.05) is 6.42 Å². The number of nitrogens with zero attached hydrogens (tertiary/aromatic N) is 2. The van der Waals surface area contributed by atoms with Crippen molar-refractivity contribution in [2.45, 2.75) is 19.3 Å². The smallest absolute Gasteiger partial charge is 0.312 e. The third-order valence-corrected chi connectivity index (χ3v) is 2.52. The van der Waals surface area contributed by atoms with E-state index in [9.17, 15) is 0 Å². The Bertz CT molecular complexity index is 270. The molecule has 72 valence electrons. The molecular formula is C8H12ClN3O. The molecular weight excluding hydrogens is 190 g/mol. The Morgan fingerprint density at radius 2 is 2.46 bits per heavy atom. The van der Waals surface area contributed by atoms with Crippen LogP contribution in [0.3, 0.4) is 0 Å². The first-order valence-electron chi connectivity index (χ1n) is 4.53. The molecule has 2 heterocycles. The van der Waals surface area contributed by atoms with E-state index in [-0.39, 0.29) is 5.35 Å². The van der Waals surface area contributed by atoms with Gasteiger partial charge in [0.05, 0.1) is 0 Å². The van der Waals surface area contributed by atoms with Crippen LogP contribution in [0.2, 0.25) is 5.35 Å². The largest absolute Gasteiger partial charge is 0.412 e. The van der Waals surface area contributed by atoms with Gasteiger partial charge in [0.25, 0.3) is 0 Å². The highest BCUT2D eigenvalue weighted by molar-refractivity contribution is 6.27. The molecule has 0 spiro atoms. The van der Waals surface area contributed by atoms with Crippen molar-refractivity contribution < 1.29 is 4.42 Å². The van der Waals surface area contributed by atoms with E-state index >= 15 is 0 Å². The SMILES string of the molecule is Clc1nnc(CCC2CCNC2)o1. The number of aryl methyl sites for hydroxylation is 1. The summed E-state index contributed by atoms with van der Waals surface area (Å²) in [6.45, 7) is 2.25. The Labute approximate surface area is 81.7 Å². The number of hydrogen-bond acceptors (Lipinski definition) is 4. The molecule has 0 aromatic carbocycles. The average Bonchev–Trinajstić information content (AvgIpc) is 2.71. The van der Waals surface area contributed by atoms with E-state index in [4.69, 9.17) is 16.0 Å². The first-order valence-corrected chi connectivity index (χ1v) is 4.91. The number of hydrogen-bond donors (Lipinski definition) is 1. The van der Waals surface area contributed by atoms with Gasteiger partial charge in [-0.2, -0.15) is 0 Å². The molecule has 0 amide bonds. The average molecular weight is 202 g/mol. The van der Waals surface area contributed by atoms with Crippen LogP contribution in [0.4, 0.5) is 0 Å². The van der Waals surface area contributed by atoms with E-state index in [1.165, 1.54) is 6.42 Å². The number of nitrogens with one attached hydrogen (secondary N) is 1. The van der Waals surface area contributed by atoms with Crippen LogP contribution >= 0.6 is 11.6 Å². The standard InChI is InChI=1S/C8H12ClN3O/c9-8-12-11-7(13-8)2-1-6-3-4-10-5-6/h6,10H,1-5H2. The van der Waals surface area contributed by atoms with Gasteiger partial charge in [0.1, 0.15) is 0 Å². The van der Waals surface area contributed by atoms with E-state index in [1.54, 1.807) is 0 Å². The van der Waals surface area contributed by atoms with Gasteiger partial charge in [-0.3, -0.25) is 0 Å². The molecule has 5 heteroatoms. The van der Waals surface area contributed by atoms with Gasteiger partial charge < -0.3 is 9.73 Å². The highest BCUT2D eigenvalue weighted by atomic mass is 35.5. The lowest BCUT2D eigenvalue weighted by Crippen LogP contribution is -2.09. The second kappa shape index (κ2) is 4.07. The molecule has 0 saturated carbocycles. The Morgan fingerprint density at radius 1 is 1.54 bits per heavy atom. The minimum Gasteiger partial charge on any atom is -0.412 e. The van der Waals surface area contributed by atoms with Crippen molar-refractivity contribution in [3.05, 3.63) is 11.2 Å². The summed E-state index contributed by atoms with van der Waals surface area (Å²) in [5, 5.41) is 10.9. The van der Waals surface area contributed by atoms with Crippen molar-refractivity contribution in [1.29, 1.82) is 0 Å². The highest BCUT2D eigenvalue weighted by Crippen LogP contribution is 2.16. The van der Waals surface area contributed by atoms with E-state index in [0.717, 1.165) is 31.8 Å². The maximum Gasteiger partial charge on any atom is 0.312 e. The van der Waals surface area contributed by atoms with E-state index in [0.29, 0.717) is 5.89 Å². The highest BCUT2D eigenvalue weighted by Gasteiger charge is 2.15. The molecule has 1 fully saturated rings. The lowest BCUT2D eigenvalue weighted by atomic mass is 10.0. The second-order valence-electron chi connectivity index (χ2n) is 3.35. The summed E-state index contributed by atoms with van der Waals surface area (Å²) < 4.78 is 5.07. The van der Waals surface area contributed by atoms with E-state index in [2.05, 4.69) is 15.5 Å². The van der Waals surface area contributed by atoms with Crippen molar-refractivity contribution in [2.24, 2.45) is 5.92 Å². The van der Waals surface area contributed by atoms with Crippen LogP contribution in [0.5, 0.6) is 0 Å². The second-order valence-corrected chi connectivity index (χ2v) is 3.67. The zero-order valence-electron chi connectivity index (χ0n) is 7.29. The summed E-state index contributed by atoms with van der Waals surface area (Å²) in [5.74, 6) is 1.41. The molecule has 1 aromatic heterocycles. The molecule has 4 nitrogen and oxygen atoms in total. The first-order chi connectivity index (χ1) is 6.34.